The molecule has 0 aromatic rings. The first-order valence-corrected chi connectivity index (χ1v) is 5.75. The second-order valence-corrected chi connectivity index (χ2v) is 4.33. The molecule has 1 rings (SSSR count). The molecular weight excluding hydrogens is 220 g/mol. The number of carbonyl (C=O) groups excluding carboxylic acids is 1. The van der Waals surface area contributed by atoms with Gasteiger partial charge in [-0.3, -0.25) is 0 Å². The van der Waals surface area contributed by atoms with Crippen LogP contribution in [0.4, 0.5) is 0 Å². The molecule has 0 aliphatic carbocycles. The maximum absolute atomic E-state index is 11.6. The Kier molecular flexibility index (Phi) is 5.38. The van der Waals surface area contributed by atoms with E-state index in [0.29, 0.717) is 32.0 Å². The van der Waals surface area contributed by atoms with Gasteiger partial charge in [-0.1, -0.05) is 19.6 Å². The van der Waals surface area contributed by atoms with Gasteiger partial charge in [0.05, 0.1) is 37.4 Å². The van der Waals surface area contributed by atoms with Crippen molar-refractivity contribution in [3.63, 3.8) is 0 Å². The van der Waals surface area contributed by atoms with Crippen molar-refractivity contribution in [3.05, 3.63) is 24.8 Å². The van der Waals surface area contributed by atoms with Crippen LogP contribution in [0.5, 0.6) is 0 Å². The Morgan fingerprint density at radius 1 is 1.53 bits per heavy atom. The van der Waals surface area contributed by atoms with Gasteiger partial charge in [-0.15, -0.1) is 6.58 Å². The third kappa shape index (κ3) is 3.98. The monoisotopic (exact) mass is 240 g/mol. The van der Waals surface area contributed by atoms with Gasteiger partial charge in [0.2, 0.25) is 0 Å². The average molecular weight is 240 g/mol. The van der Waals surface area contributed by atoms with Crippen molar-refractivity contribution in [2.75, 3.05) is 33.0 Å². The summed E-state index contributed by atoms with van der Waals surface area (Å²) in [6.07, 6.45) is 2.57. The predicted molar refractivity (Wildman–Crippen MR) is 64.7 cm³/mol. The molecule has 1 aliphatic rings. The first-order valence-electron chi connectivity index (χ1n) is 5.75. The van der Waals surface area contributed by atoms with E-state index in [4.69, 9.17) is 14.2 Å². The molecule has 1 aliphatic heterocycles. The van der Waals surface area contributed by atoms with Gasteiger partial charge in [0, 0.05) is 0 Å². The van der Waals surface area contributed by atoms with Crippen LogP contribution in [0.3, 0.4) is 0 Å². The second kappa shape index (κ2) is 6.57. The minimum Gasteiger partial charge on any atom is -0.462 e. The number of hydrogen-bond donors (Lipinski definition) is 0. The molecule has 1 heterocycles. The summed E-state index contributed by atoms with van der Waals surface area (Å²) in [7, 11) is 0. The van der Waals surface area contributed by atoms with Crippen LogP contribution >= 0.6 is 0 Å². The topological polar surface area (TPSA) is 44.8 Å². The highest BCUT2D eigenvalue weighted by molar-refractivity contribution is 5.87. The van der Waals surface area contributed by atoms with E-state index < -0.39 is 5.97 Å². The van der Waals surface area contributed by atoms with Crippen molar-refractivity contribution >= 4 is 5.97 Å². The van der Waals surface area contributed by atoms with Gasteiger partial charge in [0.15, 0.2) is 0 Å². The molecular formula is C13H20O4. The zero-order valence-electron chi connectivity index (χ0n) is 10.4. The van der Waals surface area contributed by atoms with Gasteiger partial charge >= 0.3 is 5.97 Å². The van der Waals surface area contributed by atoms with Gasteiger partial charge < -0.3 is 14.2 Å². The van der Waals surface area contributed by atoms with E-state index in [9.17, 15) is 4.79 Å². The van der Waals surface area contributed by atoms with Crippen LogP contribution in [0.25, 0.3) is 0 Å². The zero-order valence-corrected chi connectivity index (χ0v) is 10.4. The molecule has 0 amide bonds. The van der Waals surface area contributed by atoms with Crippen LogP contribution in [-0.2, 0) is 19.0 Å². The molecule has 0 N–H and O–H groups in total. The molecule has 0 radical (unpaired) electrons. The van der Waals surface area contributed by atoms with Crippen LogP contribution in [-0.4, -0.2) is 39.0 Å². The van der Waals surface area contributed by atoms with Gasteiger partial charge in [0.1, 0.15) is 6.61 Å². The quantitative estimate of drug-likeness (QED) is 0.280. The van der Waals surface area contributed by atoms with Gasteiger partial charge in [0.25, 0.3) is 0 Å². The largest absolute Gasteiger partial charge is 0.462 e. The first kappa shape index (κ1) is 13.9. The summed E-state index contributed by atoms with van der Waals surface area (Å²) in [6, 6.07) is 0. The highest BCUT2D eigenvalue weighted by atomic mass is 16.5. The lowest BCUT2D eigenvalue weighted by atomic mass is 9.84. The number of esters is 1. The average Bonchev–Trinajstić information content (AvgIpc) is 2.28. The van der Waals surface area contributed by atoms with E-state index in [-0.39, 0.29) is 12.0 Å². The minimum atomic E-state index is -0.395. The maximum atomic E-state index is 11.6. The van der Waals surface area contributed by atoms with Crippen molar-refractivity contribution in [1.29, 1.82) is 0 Å². The SMILES string of the molecule is C=CCOCC(=C)C(=O)OCC1(CC)COC1. The molecule has 0 unspecified atom stereocenters. The highest BCUT2D eigenvalue weighted by Gasteiger charge is 2.38. The number of ether oxygens (including phenoxy) is 3. The third-order valence-corrected chi connectivity index (χ3v) is 2.88. The molecule has 96 valence electrons. The summed E-state index contributed by atoms with van der Waals surface area (Å²) < 4.78 is 15.5. The third-order valence-electron chi connectivity index (χ3n) is 2.88. The van der Waals surface area contributed by atoms with Gasteiger partial charge in [-0.05, 0) is 6.42 Å². The lowest BCUT2D eigenvalue weighted by molar-refractivity contribution is -0.167. The lowest BCUT2D eigenvalue weighted by Gasteiger charge is -2.39. The minimum absolute atomic E-state index is 0.0118. The molecule has 0 spiro atoms. The first-order chi connectivity index (χ1) is 8.13. The molecule has 4 nitrogen and oxygen atoms in total. The van der Waals surface area contributed by atoms with Crippen molar-refractivity contribution in [2.45, 2.75) is 13.3 Å². The molecule has 1 fully saturated rings. The summed E-state index contributed by atoms with van der Waals surface area (Å²) in [6.45, 7) is 11.5. The fraction of sp³-hybridized carbons (Fsp3) is 0.615. The normalized spacial score (nSPS) is 17.0. The molecule has 0 aromatic heterocycles. The number of hydrogen-bond acceptors (Lipinski definition) is 4. The summed E-state index contributed by atoms with van der Waals surface area (Å²) in [4.78, 5) is 11.6. The highest BCUT2D eigenvalue weighted by Crippen LogP contribution is 2.31. The molecule has 17 heavy (non-hydrogen) atoms. The predicted octanol–water partition coefficient (Wildman–Crippen LogP) is 1.71. The molecule has 1 saturated heterocycles. The Morgan fingerprint density at radius 2 is 2.24 bits per heavy atom. The fourth-order valence-electron chi connectivity index (χ4n) is 1.43. The second-order valence-electron chi connectivity index (χ2n) is 4.33. The lowest BCUT2D eigenvalue weighted by Crippen LogP contribution is -2.46. The Hall–Kier alpha value is -1.13. The van der Waals surface area contributed by atoms with E-state index in [2.05, 4.69) is 20.1 Å². The van der Waals surface area contributed by atoms with E-state index >= 15 is 0 Å². The van der Waals surface area contributed by atoms with Crippen LogP contribution in [0.15, 0.2) is 24.8 Å². The summed E-state index contributed by atoms with van der Waals surface area (Å²) in [5, 5.41) is 0. The van der Waals surface area contributed by atoms with Crippen LogP contribution in [0, 0.1) is 5.41 Å². The Bertz CT molecular complexity index is 286. The van der Waals surface area contributed by atoms with E-state index in [1.54, 1.807) is 6.08 Å². The van der Waals surface area contributed by atoms with Crippen molar-refractivity contribution < 1.29 is 19.0 Å². The summed E-state index contributed by atoms with van der Waals surface area (Å²) in [5.41, 5.74) is 0.344. The molecule has 0 bridgehead atoms. The van der Waals surface area contributed by atoms with E-state index in [0.717, 1.165) is 6.42 Å². The Labute approximate surface area is 102 Å². The van der Waals surface area contributed by atoms with Gasteiger partial charge in [-0.2, -0.15) is 0 Å². The fourth-order valence-corrected chi connectivity index (χ4v) is 1.43. The maximum Gasteiger partial charge on any atom is 0.335 e. The molecule has 4 heteroatoms. The number of rotatable bonds is 8. The standard InChI is InChI=1S/C13H20O4/c1-4-6-15-7-11(3)12(14)17-10-13(5-2)8-16-9-13/h4H,1,3,5-10H2,2H3. The van der Waals surface area contributed by atoms with Crippen LogP contribution in [0.2, 0.25) is 0 Å². The molecule has 0 aromatic carbocycles. The Morgan fingerprint density at radius 3 is 2.71 bits per heavy atom. The summed E-state index contributed by atoms with van der Waals surface area (Å²) in [5.74, 6) is -0.395. The smallest absolute Gasteiger partial charge is 0.335 e. The molecule has 0 atom stereocenters. The van der Waals surface area contributed by atoms with Gasteiger partial charge in [-0.25, -0.2) is 4.79 Å². The van der Waals surface area contributed by atoms with Crippen LogP contribution in [0.1, 0.15) is 13.3 Å². The van der Waals surface area contributed by atoms with Crippen molar-refractivity contribution in [1.82, 2.24) is 0 Å². The zero-order chi connectivity index (χ0) is 12.7. The van der Waals surface area contributed by atoms with Crippen molar-refractivity contribution in [2.24, 2.45) is 5.41 Å². The van der Waals surface area contributed by atoms with Crippen LogP contribution < -0.4 is 0 Å². The number of carbonyl (C=O) groups is 1. The van der Waals surface area contributed by atoms with Crippen molar-refractivity contribution in [3.8, 4) is 0 Å². The van der Waals surface area contributed by atoms with E-state index in [1.165, 1.54) is 0 Å². The summed E-state index contributed by atoms with van der Waals surface area (Å²) >= 11 is 0. The van der Waals surface area contributed by atoms with E-state index in [1.807, 2.05) is 0 Å². The Balaban J connectivity index is 2.24. The molecule has 0 saturated carbocycles.